The molecule has 5 rings (SSSR count). The molecule has 0 spiro atoms. The van der Waals surface area contributed by atoms with E-state index in [0.717, 1.165) is 51.8 Å². The van der Waals surface area contributed by atoms with Gasteiger partial charge in [0, 0.05) is 36.3 Å². The molecule has 1 aliphatic heterocycles. The highest BCUT2D eigenvalue weighted by Crippen LogP contribution is 2.45. The third-order valence-corrected chi connectivity index (χ3v) is 7.37. The summed E-state index contributed by atoms with van der Waals surface area (Å²) in [4.78, 5) is 21.4. The zero-order valence-corrected chi connectivity index (χ0v) is 19.2. The highest BCUT2D eigenvalue weighted by Gasteiger charge is 2.27. The van der Waals surface area contributed by atoms with Gasteiger partial charge in [-0.2, -0.15) is 5.10 Å². The molecule has 6 nitrogen and oxygen atoms in total. The minimum Gasteiger partial charge on any atom is -0.312 e. The lowest BCUT2D eigenvalue weighted by Gasteiger charge is -2.22. The van der Waals surface area contributed by atoms with Crippen molar-refractivity contribution in [1.82, 2.24) is 19.7 Å². The molecule has 30 heavy (non-hydrogen) atoms. The van der Waals surface area contributed by atoms with Crippen LogP contribution in [0, 0.1) is 0 Å². The molecule has 0 unspecified atom stereocenters. The van der Waals surface area contributed by atoms with Crippen LogP contribution in [0.2, 0.25) is 0 Å². The smallest absolute Gasteiger partial charge is 0.276 e. The number of nitrogens with zero attached hydrogens (tertiary/aromatic N) is 4. The number of thiophene rings is 1. The number of aryl methyl sites for hydroxylation is 1. The molecule has 9 heteroatoms. The normalized spacial score (nSPS) is 13.8. The SMILES string of the molecule is CCn1ccc(C(=O)Nc2sc3c(c2-c2nc4ccccc4s2)CCN(C)C3)n1.Cl. The number of anilines is 1. The number of hydrogen-bond acceptors (Lipinski definition) is 6. The van der Waals surface area contributed by atoms with Crippen molar-refractivity contribution < 1.29 is 4.79 Å². The van der Waals surface area contributed by atoms with Crippen LogP contribution in [-0.4, -0.2) is 39.2 Å². The number of carbonyl (C=O) groups is 1. The third-order valence-electron chi connectivity index (χ3n) is 5.18. The Kier molecular flexibility index (Phi) is 5.92. The maximum Gasteiger partial charge on any atom is 0.276 e. The van der Waals surface area contributed by atoms with Gasteiger partial charge in [0.05, 0.1) is 10.2 Å². The van der Waals surface area contributed by atoms with E-state index < -0.39 is 0 Å². The van der Waals surface area contributed by atoms with Gasteiger partial charge in [-0.05, 0) is 44.2 Å². The summed E-state index contributed by atoms with van der Waals surface area (Å²) in [7, 11) is 2.13. The van der Waals surface area contributed by atoms with Crippen LogP contribution in [-0.2, 0) is 19.5 Å². The Bertz CT molecular complexity index is 1180. The van der Waals surface area contributed by atoms with Crippen LogP contribution in [0.4, 0.5) is 5.00 Å². The Balaban J connectivity index is 0.00000218. The van der Waals surface area contributed by atoms with Gasteiger partial charge in [-0.3, -0.25) is 9.48 Å². The quantitative estimate of drug-likeness (QED) is 0.471. The fourth-order valence-electron chi connectivity index (χ4n) is 3.65. The molecular formula is C21H22ClN5OS2. The van der Waals surface area contributed by atoms with Crippen molar-refractivity contribution >= 4 is 56.2 Å². The molecule has 4 aromatic rings. The van der Waals surface area contributed by atoms with Gasteiger partial charge in [0.2, 0.25) is 0 Å². The maximum atomic E-state index is 12.9. The molecule has 0 saturated carbocycles. The third kappa shape index (κ3) is 3.76. The summed E-state index contributed by atoms with van der Waals surface area (Å²) in [5.41, 5.74) is 3.84. The van der Waals surface area contributed by atoms with Gasteiger partial charge in [-0.15, -0.1) is 35.1 Å². The number of amides is 1. The van der Waals surface area contributed by atoms with E-state index in [9.17, 15) is 4.79 Å². The Morgan fingerprint density at radius 3 is 2.83 bits per heavy atom. The van der Waals surface area contributed by atoms with Gasteiger partial charge in [0.15, 0.2) is 5.69 Å². The highest BCUT2D eigenvalue weighted by molar-refractivity contribution is 7.22. The van der Waals surface area contributed by atoms with Crippen LogP contribution in [0.3, 0.4) is 0 Å². The number of nitrogens with one attached hydrogen (secondary N) is 1. The number of carbonyl (C=O) groups excluding carboxylic acids is 1. The van der Waals surface area contributed by atoms with E-state index in [2.05, 4.69) is 28.4 Å². The number of rotatable bonds is 4. The average molecular weight is 460 g/mol. The van der Waals surface area contributed by atoms with Crippen LogP contribution in [0.15, 0.2) is 36.5 Å². The number of fused-ring (bicyclic) bond motifs is 2. The molecule has 0 atom stereocenters. The highest BCUT2D eigenvalue weighted by atomic mass is 35.5. The minimum absolute atomic E-state index is 0. The fraction of sp³-hybridized carbons (Fsp3) is 0.286. The zero-order valence-electron chi connectivity index (χ0n) is 16.7. The van der Waals surface area contributed by atoms with Crippen molar-refractivity contribution in [2.45, 2.75) is 26.4 Å². The molecule has 0 fully saturated rings. The topological polar surface area (TPSA) is 63.1 Å². The second kappa shape index (κ2) is 8.47. The van der Waals surface area contributed by atoms with Crippen molar-refractivity contribution in [3.63, 3.8) is 0 Å². The van der Waals surface area contributed by atoms with E-state index in [1.54, 1.807) is 33.4 Å². The molecule has 0 aliphatic carbocycles. The summed E-state index contributed by atoms with van der Waals surface area (Å²) in [6.07, 6.45) is 2.80. The Morgan fingerprint density at radius 1 is 1.23 bits per heavy atom. The molecule has 1 aliphatic rings. The molecule has 1 amide bonds. The zero-order chi connectivity index (χ0) is 20.0. The van der Waals surface area contributed by atoms with Crippen molar-refractivity contribution in [3.8, 4) is 10.6 Å². The van der Waals surface area contributed by atoms with Crippen molar-refractivity contribution in [3.05, 3.63) is 52.7 Å². The lowest BCUT2D eigenvalue weighted by atomic mass is 10.0. The lowest BCUT2D eigenvalue weighted by molar-refractivity contribution is 0.102. The predicted molar refractivity (Wildman–Crippen MR) is 126 cm³/mol. The predicted octanol–water partition coefficient (Wildman–Crippen LogP) is 4.90. The first-order chi connectivity index (χ1) is 14.1. The number of benzene rings is 1. The van der Waals surface area contributed by atoms with Crippen LogP contribution in [0.5, 0.6) is 0 Å². The molecule has 1 aromatic carbocycles. The fourth-order valence-corrected chi connectivity index (χ4v) is 6.08. The molecular weight excluding hydrogens is 438 g/mol. The molecule has 0 radical (unpaired) electrons. The van der Waals surface area contributed by atoms with Crippen LogP contribution in [0.1, 0.15) is 27.9 Å². The number of hydrogen-bond donors (Lipinski definition) is 1. The monoisotopic (exact) mass is 459 g/mol. The van der Waals surface area contributed by atoms with Gasteiger partial charge in [-0.25, -0.2) is 4.98 Å². The first-order valence-electron chi connectivity index (χ1n) is 9.66. The van der Waals surface area contributed by atoms with Crippen molar-refractivity contribution in [2.75, 3.05) is 18.9 Å². The van der Waals surface area contributed by atoms with E-state index in [4.69, 9.17) is 4.98 Å². The van der Waals surface area contributed by atoms with Crippen molar-refractivity contribution in [1.29, 1.82) is 0 Å². The average Bonchev–Trinajstić information content (AvgIpc) is 3.43. The van der Waals surface area contributed by atoms with E-state index in [-0.39, 0.29) is 18.3 Å². The number of halogens is 1. The second-order valence-electron chi connectivity index (χ2n) is 7.19. The van der Waals surface area contributed by atoms with Crippen molar-refractivity contribution in [2.24, 2.45) is 0 Å². The number of para-hydroxylation sites is 1. The summed E-state index contributed by atoms with van der Waals surface area (Å²) < 4.78 is 2.92. The first kappa shape index (κ1) is 21.0. The standard InChI is InChI=1S/C21H21N5OS2.ClH/c1-3-26-11-9-15(24-26)19(27)23-21-18(13-8-10-25(2)12-17(13)29-21)20-22-14-6-4-5-7-16(14)28-20;/h4-7,9,11H,3,8,10,12H2,1-2H3,(H,23,27);1H. The maximum absolute atomic E-state index is 12.9. The van der Waals surface area contributed by atoms with Gasteiger partial charge in [0.1, 0.15) is 10.0 Å². The largest absolute Gasteiger partial charge is 0.312 e. The minimum atomic E-state index is -0.175. The number of aromatic nitrogens is 3. The summed E-state index contributed by atoms with van der Waals surface area (Å²) in [5.74, 6) is -0.175. The van der Waals surface area contributed by atoms with E-state index in [1.807, 2.05) is 31.3 Å². The van der Waals surface area contributed by atoms with Crippen LogP contribution >= 0.6 is 35.1 Å². The van der Waals surface area contributed by atoms with E-state index in [1.165, 1.54) is 10.4 Å². The summed E-state index contributed by atoms with van der Waals surface area (Å²) >= 11 is 3.35. The van der Waals surface area contributed by atoms with Gasteiger partial charge >= 0.3 is 0 Å². The first-order valence-corrected chi connectivity index (χ1v) is 11.3. The van der Waals surface area contributed by atoms with Crippen LogP contribution < -0.4 is 5.32 Å². The molecule has 0 saturated heterocycles. The Morgan fingerprint density at radius 2 is 2.07 bits per heavy atom. The summed E-state index contributed by atoms with van der Waals surface area (Å²) in [5, 5.41) is 9.33. The summed E-state index contributed by atoms with van der Waals surface area (Å²) in [6.45, 7) is 4.65. The molecule has 3 aromatic heterocycles. The Labute approximate surface area is 189 Å². The number of likely N-dealkylation sites (N-methyl/N-ethyl adjacent to an activating group) is 1. The Hall–Kier alpha value is -2.26. The lowest BCUT2D eigenvalue weighted by Crippen LogP contribution is -2.25. The van der Waals surface area contributed by atoms with Gasteiger partial charge in [0.25, 0.3) is 5.91 Å². The number of thiazole rings is 1. The summed E-state index contributed by atoms with van der Waals surface area (Å²) in [6, 6.07) is 9.94. The molecule has 156 valence electrons. The van der Waals surface area contributed by atoms with E-state index >= 15 is 0 Å². The van der Waals surface area contributed by atoms with E-state index in [0.29, 0.717) is 5.69 Å². The molecule has 1 N–H and O–H groups in total. The van der Waals surface area contributed by atoms with Crippen LogP contribution in [0.25, 0.3) is 20.8 Å². The molecule has 4 heterocycles. The molecule has 0 bridgehead atoms. The van der Waals surface area contributed by atoms with Gasteiger partial charge in [-0.1, -0.05) is 12.1 Å². The van der Waals surface area contributed by atoms with Gasteiger partial charge < -0.3 is 10.2 Å². The second-order valence-corrected chi connectivity index (χ2v) is 9.33.